The minimum Gasteiger partial charge on any atom is -0.457 e. The molecule has 0 fully saturated rings. The smallest absolute Gasteiger partial charge is 0.185 e. The molecule has 0 unspecified atom stereocenters. The predicted octanol–water partition coefficient (Wildman–Crippen LogP) is 17.8. The van der Waals surface area contributed by atoms with Crippen LogP contribution < -0.4 is 35.3 Å². The Morgan fingerprint density at radius 2 is 1.00 bits per heavy atom. The Balaban J connectivity index is 0.978. The third kappa shape index (κ3) is 8.68. The van der Waals surface area contributed by atoms with Gasteiger partial charge in [-0.25, -0.2) is 4.98 Å². The SMILES string of the molecule is CC(C)(C)c1cc(-c2cccc(-c3ccccc3)c2N2CN(c3cccc(Oc4cc5c(c6c4[Si](c4ccccc4)(c4ccccc4)c4ccccc4-6)c4ccccc4n5-c4cc(C(C)(C)C)ccn4)c3)c3ccccc32)cc(C(C)(C)C)c1. The lowest BCUT2D eigenvalue weighted by Crippen LogP contribution is -2.73. The van der Waals surface area contributed by atoms with Crippen molar-refractivity contribution in [3.05, 3.63) is 266 Å². The number of anilines is 4. The Labute approximate surface area is 496 Å². The minimum atomic E-state index is -3.13. The number of hydrogen-bond donors (Lipinski definition) is 0. The number of ether oxygens (including phenoxy) is 1. The summed E-state index contributed by atoms with van der Waals surface area (Å²) < 4.78 is 10.2. The second kappa shape index (κ2) is 20.0. The normalized spacial score (nSPS) is 13.8. The Morgan fingerprint density at radius 3 is 1.67 bits per heavy atom. The van der Waals surface area contributed by atoms with Crippen LogP contribution in [0.25, 0.3) is 61.0 Å². The van der Waals surface area contributed by atoms with Crippen molar-refractivity contribution in [3.63, 3.8) is 0 Å². The third-order valence-corrected chi connectivity index (χ3v) is 22.5. The van der Waals surface area contributed by atoms with Crippen LogP contribution in [-0.2, 0) is 16.2 Å². The maximum absolute atomic E-state index is 7.82. The van der Waals surface area contributed by atoms with Crippen LogP contribution in [0.4, 0.5) is 22.7 Å². The molecule has 0 radical (unpaired) electrons. The molecule has 0 spiro atoms. The molecule has 5 nitrogen and oxygen atoms in total. The van der Waals surface area contributed by atoms with Gasteiger partial charge in [-0.15, -0.1) is 0 Å². The number of pyridine rings is 1. The van der Waals surface area contributed by atoms with E-state index in [-0.39, 0.29) is 16.2 Å². The zero-order valence-corrected chi connectivity index (χ0v) is 50.6. The summed E-state index contributed by atoms with van der Waals surface area (Å²) in [5.41, 5.74) is 17.6. The van der Waals surface area contributed by atoms with Crippen molar-refractivity contribution in [2.24, 2.45) is 0 Å². The molecule has 12 aromatic rings. The highest BCUT2D eigenvalue weighted by Gasteiger charge is 2.52. The van der Waals surface area contributed by atoms with Crippen molar-refractivity contribution in [3.8, 4) is 50.7 Å². The van der Waals surface area contributed by atoms with Crippen molar-refractivity contribution in [2.75, 3.05) is 16.5 Å². The van der Waals surface area contributed by atoms with Crippen molar-refractivity contribution >= 4 is 73.4 Å². The van der Waals surface area contributed by atoms with E-state index < -0.39 is 8.07 Å². The van der Waals surface area contributed by atoms with Crippen LogP contribution in [0.3, 0.4) is 0 Å². The second-order valence-electron chi connectivity index (χ2n) is 26.0. The first-order chi connectivity index (χ1) is 40.6. The van der Waals surface area contributed by atoms with Crippen molar-refractivity contribution < 1.29 is 4.74 Å². The van der Waals surface area contributed by atoms with Gasteiger partial charge >= 0.3 is 0 Å². The number of fused-ring (bicyclic) bond motifs is 8. The first-order valence-corrected chi connectivity index (χ1v) is 31.6. The molecule has 0 atom stereocenters. The maximum atomic E-state index is 7.82. The number of nitrogens with zero attached hydrogens (tertiary/aromatic N) is 4. The molecular weight excluding hydrogens is 1040 g/mol. The van der Waals surface area contributed by atoms with Gasteiger partial charge in [-0.2, -0.15) is 0 Å². The number of para-hydroxylation sites is 4. The van der Waals surface area contributed by atoms with Crippen LogP contribution in [0.15, 0.2) is 249 Å². The van der Waals surface area contributed by atoms with Crippen LogP contribution in [0.1, 0.15) is 79.0 Å². The fourth-order valence-electron chi connectivity index (χ4n) is 13.4. The number of benzene rings is 10. The van der Waals surface area contributed by atoms with Gasteiger partial charge in [-0.1, -0.05) is 250 Å². The summed E-state index contributed by atoms with van der Waals surface area (Å²) in [6.45, 7) is 21.4. The highest BCUT2D eigenvalue weighted by atomic mass is 28.3. The van der Waals surface area contributed by atoms with E-state index in [1.165, 1.54) is 87.3 Å². The van der Waals surface area contributed by atoms with E-state index in [0.717, 1.165) is 45.4 Å². The Morgan fingerprint density at radius 1 is 0.440 bits per heavy atom. The van der Waals surface area contributed by atoms with E-state index in [0.29, 0.717) is 6.67 Å². The van der Waals surface area contributed by atoms with Gasteiger partial charge in [0.05, 0.1) is 28.1 Å². The Hall–Kier alpha value is -9.23. The van der Waals surface area contributed by atoms with Crippen LogP contribution >= 0.6 is 0 Å². The van der Waals surface area contributed by atoms with Gasteiger partial charge in [0, 0.05) is 51.1 Å². The fraction of sp³-hybridized carbons (Fsp3) is 0.167. The molecule has 2 aromatic heterocycles. The topological polar surface area (TPSA) is 33.5 Å². The average molecular weight is 1110 g/mol. The van der Waals surface area contributed by atoms with E-state index >= 15 is 0 Å². The molecule has 0 bridgehead atoms. The lowest BCUT2D eigenvalue weighted by Gasteiger charge is -2.32. The van der Waals surface area contributed by atoms with Gasteiger partial charge in [-0.3, -0.25) is 4.57 Å². The van der Waals surface area contributed by atoms with Crippen molar-refractivity contribution in [1.82, 2.24) is 9.55 Å². The van der Waals surface area contributed by atoms with Gasteiger partial charge in [0.15, 0.2) is 8.07 Å². The first-order valence-electron chi connectivity index (χ1n) is 29.6. The van der Waals surface area contributed by atoms with E-state index in [9.17, 15) is 0 Å². The molecule has 0 amide bonds. The van der Waals surface area contributed by atoms with Crippen LogP contribution in [0, 0.1) is 0 Å². The number of aromatic nitrogens is 2. The van der Waals surface area contributed by atoms with E-state index in [1.54, 1.807) is 0 Å². The Kier molecular flexibility index (Phi) is 12.6. The highest BCUT2D eigenvalue weighted by molar-refractivity contribution is 7.22. The quantitative estimate of drug-likeness (QED) is 0.135. The molecule has 2 aliphatic rings. The van der Waals surface area contributed by atoms with Gasteiger partial charge in [-0.05, 0) is 113 Å². The van der Waals surface area contributed by atoms with Crippen molar-refractivity contribution in [2.45, 2.75) is 78.6 Å². The summed E-state index contributed by atoms with van der Waals surface area (Å²) in [6, 6.07) is 90.1. The van der Waals surface area contributed by atoms with Crippen LogP contribution in [0.2, 0.25) is 0 Å². The van der Waals surface area contributed by atoms with Gasteiger partial charge in [0.2, 0.25) is 0 Å². The first kappa shape index (κ1) is 52.8. The number of hydrogen-bond acceptors (Lipinski definition) is 4. The molecule has 6 heteroatoms. The summed E-state index contributed by atoms with van der Waals surface area (Å²) in [5.74, 6) is 2.49. The zero-order valence-electron chi connectivity index (χ0n) is 49.6. The van der Waals surface area contributed by atoms with E-state index in [4.69, 9.17) is 9.72 Å². The molecule has 0 saturated heterocycles. The van der Waals surface area contributed by atoms with Crippen LogP contribution in [-0.4, -0.2) is 24.3 Å². The molecular formula is C78H70N4OSi. The Bertz CT molecular complexity index is 4430. The van der Waals surface area contributed by atoms with Gasteiger partial charge < -0.3 is 14.5 Å². The van der Waals surface area contributed by atoms with Gasteiger partial charge in [0.25, 0.3) is 0 Å². The summed E-state index contributed by atoms with van der Waals surface area (Å²) in [4.78, 5) is 10.2. The lowest BCUT2D eigenvalue weighted by molar-refractivity contribution is 0.487. The van der Waals surface area contributed by atoms with E-state index in [2.05, 4.69) is 319 Å². The molecule has 4 heterocycles. The highest BCUT2D eigenvalue weighted by Crippen LogP contribution is 2.52. The van der Waals surface area contributed by atoms with E-state index in [1.807, 2.05) is 6.20 Å². The average Bonchev–Trinajstić information content (AvgIpc) is 1.57. The third-order valence-electron chi connectivity index (χ3n) is 17.6. The standard InChI is InChI=1S/C78H70N4OSi/c1-76(2,3)54-43-44-79-71(48-54)82-65-39-21-19-35-63(65)72-68(82)50-69(75-73(72)64-36-20-24-42-70(64)84(75,59-31-15-11-16-32-59)60-33-17-12-18-34-60)83-58-30-25-29-57(49-58)80-51-81(67-41-23-22-40-66(67)80)74-61(52-27-13-10-14-28-52)37-26-38-62(74)53-45-55(77(4,5)6)47-56(46-53)78(7,8)9/h10-50H,51H2,1-9H3. The maximum Gasteiger partial charge on any atom is 0.185 e. The minimum absolute atomic E-state index is 0.0480. The van der Waals surface area contributed by atoms with Crippen molar-refractivity contribution in [1.29, 1.82) is 0 Å². The monoisotopic (exact) mass is 1110 g/mol. The molecule has 2 aliphatic heterocycles. The summed E-state index contributed by atoms with van der Waals surface area (Å²) in [5, 5.41) is 7.64. The molecule has 14 rings (SSSR count). The molecule has 0 N–H and O–H groups in total. The second-order valence-corrected chi connectivity index (χ2v) is 29.7. The largest absolute Gasteiger partial charge is 0.457 e. The summed E-state index contributed by atoms with van der Waals surface area (Å²) in [7, 11) is -3.13. The fourth-order valence-corrected chi connectivity index (χ4v) is 18.7. The summed E-state index contributed by atoms with van der Waals surface area (Å²) >= 11 is 0. The molecule has 84 heavy (non-hydrogen) atoms. The van der Waals surface area contributed by atoms with Crippen LogP contribution in [0.5, 0.6) is 11.5 Å². The molecule has 0 aliphatic carbocycles. The molecule has 412 valence electrons. The predicted molar refractivity (Wildman–Crippen MR) is 357 cm³/mol. The van der Waals surface area contributed by atoms with Gasteiger partial charge in [0.1, 0.15) is 24.0 Å². The molecule has 10 aromatic carbocycles. The number of rotatable bonds is 9. The summed E-state index contributed by atoms with van der Waals surface area (Å²) in [6.07, 6.45) is 1.97. The molecule has 0 saturated carbocycles. The lowest BCUT2D eigenvalue weighted by atomic mass is 9.78. The zero-order chi connectivity index (χ0) is 57.7.